The van der Waals surface area contributed by atoms with Crippen LogP contribution in [0.1, 0.15) is 42.0 Å². The molecule has 3 rings (SSSR count). The van der Waals surface area contributed by atoms with Crippen LogP contribution < -0.4 is 11.1 Å². The third kappa shape index (κ3) is 2.03. The third-order valence-electron chi connectivity index (χ3n) is 4.25. The van der Waals surface area contributed by atoms with E-state index in [4.69, 9.17) is 5.73 Å². The van der Waals surface area contributed by atoms with E-state index in [2.05, 4.69) is 23.5 Å². The summed E-state index contributed by atoms with van der Waals surface area (Å²) in [6.45, 7) is 0.592. The molecular formula is C15H20N2O. The van der Waals surface area contributed by atoms with E-state index in [0.29, 0.717) is 6.54 Å². The Labute approximate surface area is 108 Å². The summed E-state index contributed by atoms with van der Waals surface area (Å²) in [6.07, 6.45) is 5.37. The molecule has 1 aromatic carbocycles. The van der Waals surface area contributed by atoms with Crippen LogP contribution >= 0.6 is 0 Å². The molecule has 1 heterocycles. The van der Waals surface area contributed by atoms with Gasteiger partial charge in [-0.15, -0.1) is 0 Å². The topological polar surface area (TPSA) is 55.1 Å². The van der Waals surface area contributed by atoms with E-state index in [0.717, 1.165) is 12.8 Å². The van der Waals surface area contributed by atoms with Crippen molar-refractivity contribution in [3.05, 3.63) is 34.9 Å². The summed E-state index contributed by atoms with van der Waals surface area (Å²) in [5.74, 6) is 0.277. The molecule has 2 atom stereocenters. The van der Waals surface area contributed by atoms with E-state index < -0.39 is 0 Å². The Morgan fingerprint density at radius 1 is 1.28 bits per heavy atom. The number of hydrogen-bond donors (Lipinski definition) is 2. The lowest BCUT2D eigenvalue weighted by atomic mass is 9.95. The monoisotopic (exact) mass is 244 g/mol. The zero-order valence-corrected chi connectivity index (χ0v) is 10.6. The fraction of sp³-hybridized carbons (Fsp3) is 0.533. The van der Waals surface area contributed by atoms with Gasteiger partial charge < -0.3 is 11.1 Å². The highest BCUT2D eigenvalue weighted by Gasteiger charge is 2.32. The van der Waals surface area contributed by atoms with E-state index in [1.54, 1.807) is 0 Å². The minimum atomic E-state index is 0.105. The van der Waals surface area contributed by atoms with E-state index in [9.17, 15) is 4.79 Å². The molecule has 1 fully saturated rings. The maximum absolute atomic E-state index is 11.8. The highest BCUT2D eigenvalue weighted by molar-refractivity contribution is 5.81. The maximum Gasteiger partial charge on any atom is 0.223 e. The number of carbonyl (C=O) groups excluding carboxylic acids is 1. The molecule has 1 amide bonds. The number of carbonyl (C=O) groups is 1. The van der Waals surface area contributed by atoms with Crippen molar-refractivity contribution in [2.24, 2.45) is 11.7 Å². The number of hydrogen-bond acceptors (Lipinski definition) is 2. The van der Waals surface area contributed by atoms with E-state index in [1.807, 2.05) is 0 Å². The minimum Gasteiger partial charge on any atom is -0.349 e. The molecule has 2 unspecified atom stereocenters. The van der Waals surface area contributed by atoms with Crippen molar-refractivity contribution >= 4 is 5.91 Å². The second-order valence-electron chi connectivity index (χ2n) is 5.45. The van der Waals surface area contributed by atoms with Crippen LogP contribution in [-0.4, -0.2) is 12.5 Å². The maximum atomic E-state index is 11.8. The summed E-state index contributed by atoms with van der Waals surface area (Å²) >= 11 is 0. The first-order chi connectivity index (χ1) is 8.78. The van der Waals surface area contributed by atoms with Crippen LogP contribution in [0.15, 0.2) is 18.2 Å². The molecule has 0 spiro atoms. The summed E-state index contributed by atoms with van der Waals surface area (Å²) in [4.78, 5) is 11.8. The molecule has 0 saturated carbocycles. The molecule has 1 aliphatic carbocycles. The predicted octanol–water partition coefficient (Wildman–Crippen LogP) is 1.70. The molecule has 3 heteroatoms. The molecule has 2 aliphatic rings. The first kappa shape index (κ1) is 11.7. The molecule has 1 aromatic rings. The number of benzene rings is 1. The second kappa shape index (κ2) is 4.73. The van der Waals surface area contributed by atoms with Crippen LogP contribution in [0.2, 0.25) is 0 Å². The van der Waals surface area contributed by atoms with Crippen LogP contribution in [-0.2, 0) is 17.6 Å². The highest BCUT2D eigenvalue weighted by Crippen LogP contribution is 2.32. The van der Waals surface area contributed by atoms with Crippen LogP contribution in [0, 0.1) is 5.92 Å². The van der Waals surface area contributed by atoms with Crippen LogP contribution in [0.25, 0.3) is 0 Å². The molecule has 1 saturated heterocycles. The minimum absolute atomic E-state index is 0.105. The number of fused-ring (bicyclic) bond motifs is 1. The summed E-state index contributed by atoms with van der Waals surface area (Å²) in [5.41, 5.74) is 9.78. The lowest BCUT2D eigenvalue weighted by molar-refractivity contribution is -0.122. The Morgan fingerprint density at radius 2 is 2.11 bits per heavy atom. The van der Waals surface area contributed by atoms with Crippen molar-refractivity contribution in [3.8, 4) is 0 Å². The van der Waals surface area contributed by atoms with Gasteiger partial charge in [-0.3, -0.25) is 4.79 Å². The van der Waals surface area contributed by atoms with Crippen molar-refractivity contribution < 1.29 is 4.79 Å². The summed E-state index contributed by atoms with van der Waals surface area (Å²) in [5, 5.41) is 3.10. The molecule has 3 N–H and O–H groups in total. The average molecular weight is 244 g/mol. The van der Waals surface area contributed by atoms with E-state index in [1.165, 1.54) is 36.0 Å². The molecule has 0 aromatic heterocycles. The fourth-order valence-electron chi connectivity index (χ4n) is 3.22. The van der Waals surface area contributed by atoms with Gasteiger partial charge in [-0.25, -0.2) is 0 Å². The van der Waals surface area contributed by atoms with Gasteiger partial charge in [-0.2, -0.15) is 0 Å². The van der Waals surface area contributed by atoms with Gasteiger partial charge in [0.1, 0.15) is 0 Å². The number of rotatable bonds is 3. The normalized spacial score (nSPS) is 26.2. The molecule has 0 bridgehead atoms. The van der Waals surface area contributed by atoms with Gasteiger partial charge in [0.15, 0.2) is 0 Å². The van der Waals surface area contributed by atoms with Crippen molar-refractivity contribution in [2.45, 2.75) is 38.1 Å². The summed E-state index contributed by atoms with van der Waals surface area (Å²) in [6, 6.07) is 6.90. The summed E-state index contributed by atoms with van der Waals surface area (Å²) < 4.78 is 0. The Hall–Kier alpha value is -1.35. The van der Waals surface area contributed by atoms with Gasteiger partial charge in [0, 0.05) is 5.92 Å². The first-order valence-electron chi connectivity index (χ1n) is 6.90. The molecular weight excluding hydrogens is 224 g/mol. The van der Waals surface area contributed by atoms with Crippen molar-refractivity contribution in [2.75, 3.05) is 6.54 Å². The van der Waals surface area contributed by atoms with Gasteiger partial charge in [0.2, 0.25) is 5.91 Å². The standard InChI is InChI=1S/C15H20N2O/c16-7-6-13-9-14(17-15(13)18)12-5-4-10-2-1-3-11(10)8-12/h4-5,8,13-14H,1-3,6-7,9,16H2,(H,17,18). The zero-order chi connectivity index (χ0) is 12.5. The Kier molecular flexibility index (Phi) is 3.08. The van der Waals surface area contributed by atoms with Crippen LogP contribution in [0.4, 0.5) is 0 Å². The van der Waals surface area contributed by atoms with Crippen LogP contribution in [0.3, 0.4) is 0 Å². The van der Waals surface area contributed by atoms with Gasteiger partial charge in [0.25, 0.3) is 0 Å². The number of amides is 1. The van der Waals surface area contributed by atoms with Gasteiger partial charge in [-0.05, 0) is 55.3 Å². The quantitative estimate of drug-likeness (QED) is 0.850. The predicted molar refractivity (Wildman–Crippen MR) is 71.1 cm³/mol. The highest BCUT2D eigenvalue weighted by atomic mass is 16.2. The van der Waals surface area contributed by atoms with Crippen molar-refractivity contribution in [1.82, 2.24) is 5.32 Å². The Balaban J connectivity index is 1.78. The number of nitrogens with one attached hydrogen (secondary N) is 1. The second-order valence-corrected chi connectivity index (χ2v) is 5.45. The number of aryl methyl sites for hydroxylation is 2. The lowest BCUT2D eigenvalue weighted by Crippen LogP contribution is -2.22. The molecule has 96 valence electrons. The largest absolute Gasteiger partial charge is 0.349 e. The smallest absolute Gasteiger partial charge is 0.223 e. The van der Waals surface area contributed by atoms with Gasteiger partial charge >= 0.3 is 0 Å². The van der Waals surface area contributed by atoms with Crippen molar-refractivity contribution in [1.29, 1.82) is 0 Å². The Bertz CT molecular complexity index is 470. The average Bonchev–Trinajstić information content (AvgIpc) is 2.96. The van der Waals surface area contributed by atoms with E-state index >= 15 is 0 Å². The first-order valence-corrected chi connectivity index (χ1v) is 6.90. The van der Waals surface area contributed by atoms with Crippen LogP contribution in [0.5, 0.6) is 0 Å². The number of nitrogens with two attached hydrogens (primary N) is 1. The lowest BCUT2D eigenvalue weighted by Gasteiger charge is -2.12. The molecule has 0 radical (unpaired) electrons. The SMILES string of the molecule is NCCC1CC(c2ccc3c(c2)CCC3)NC1=O. The zero-order valence-electron chi connectivity index (χ0n) is 10.6. The molecule has 3 nitrogen and oxygen atoms in total. The van der Waals surface area contributed by atoms with Crippen molar-refractivity contribution in [3.63, 3.8) is 0 Å². The Morgan fingerprint density at radius 3 is 2.94 bits per heavy atom. The summed E-state index contributed by atoms with van der Waals surface area (Å²) in [7, 11) is 0. The van der Waals surface area contributed by atoms with Gasteiger partial charge in [0.05, 0.1) is 6.04 Å². The van der Waals surface area contributed by atoms with E-state index in [-0.39, 0.29) is 17.9 Å². The molecule has 18 heavy (non-hydrogen) atoms. The fourth-order valence-corrected chi connectivity index (χ4v) is 3.22. The molecule has 1 aliphatic heterocycles. The van der Waals surface area contributed by atoms with Gasteiger partial charge in [-0.1, -0.05) is 18.2 Å². The third-order valence-corrected chi connectivity index (χ3v) is 4.25.